The highest BCUT2D eigenvalue weighted by Crippen LogP contribution is 2.35. The minimum atomic E-state index is -0.410. The fraction of sp³-hybridized carbons (Fsp3) is 0.923. The van der Waals surface area contributed by atoms with Gasteiger partial charge in [-0.2, -0.15) is 0 Å². The lowest BCUT2D eigenvalue weighted by molar-refractivity contribution is 0.0283. The summed E-state index contributed by atoms with van der Waals surface area (Å²) >= 11 is 0. The number of nitrogens with two attached hydrogens (primary N) is 1. The Balaban J connectivity index is 1.95. The van der Waals surface area contributed by atoms with Crippen LogP contribution in [0.25, 0.3) is 0 Å². The van der Waals surface area contributed by atoms with Crippen LogP contribution in [0.2, 0.25) is 0 Å². The third-order valence-electron chi connectivity index (χ3n) is 3.81. The lowest BCUT2D eigenvalue weighted by atomic mass is 9.78. The molecule has 3 atom stereocenters. The Labute approximate surface area is 103 Å². The molecule has 0 aromatic heterocycles. The largest absolute Gasteiger partial charge is 0.444 e. The van der Waals surface area contributed by atoms with Gasteiger partial charge in [0.15, 0.2) is 0 Å². The second-order valence-electron chi connectivity index (χ2n) is 6.40. The van der Waals surface area contributed by atoms with Crippen LogP contribution >= 0.6 is 0 Å². The normalized spacial score (nSPS) is 33.4. The zero-order valence-corrected chi connectivity index (χ0v) is 11.1. The topological polar surface area (TPSA) is 55.6 Å². The van der Waals surface area contributed by atoms with Crippen molar-refractivity contribution < 1.29 is 9.53 Å². The lowest BCUT2D eigenvalue weighted by Crippen LogP contribution is -2.39. The highest BCUT2D eigenvalue weighted by Gasteiger charge is 2.41. The molecule has 4 heteroatoms. The van der Waals surface area contributed by atoms with Crippen LogP contribution in [0.3, 0.4) is 0 Å². The smallest absolute Gasteiger partial charge is 0.410 e. The first-order chi connectivity index (χ1) is 7.87. The molecule has 1 aliphatic carbocycles. The van der Waals surface area contributed by atoms with E-state index in [1.165, 1.54) is 12.8 Å². The summed E-state index contributed by atoms with van der Waals surface area (Å²) < 4.78 is 5.41. The molecule has 0 aromatic rings. The third kappa shape index (κ3) is 2.92. The predicted octanol–water partition coefficient (Wildman–Crippen LogP) is 1.98. The van der Waals surface area contributed by atoms with E-state index in [4.69, 9.17) is 10.5 Å². The second kappa shape index (κ2) is 4.48. The van der Waals surface area contributed by atoms with Gasteiger partial charge < -0.3 is 15.4 Å². The van der Waals surface area contributed by atoms with E-state index in [9.17, 15) is 4.79 Å². The summed E-state index contributed by atoms with van der Waals surface area (Å²) in [5.41, 5.74) is 5.72. The summed E-state index contributed by atoms with van der Waals surface area (Å²) in [6, 6.07) is 0.265. The minimum Gasteiger partial charge on any atom is -0.444 e. The van der Waals surface area contributed by atoms with Gasteiger partial charge in [-0.25, -0.2) is 4.79 Å². The van der Waals surface area contributed by atoms with Gasteiger partial charge >= 0.3 is 6.09 Å². The number of carbonyl (C=O) groups excluding carboxylic acids is 1. The maximum absolute atomic E-state index is 12.0. The fourth-order valence-electron chi connectivity index (χ4n) is 2.99. The number of fused-ring (bicyclic) bond motifs is 1. The lowest BCUT2D eigenvalue weighted by Gasteiger charge is -2.29. The van der Waals surface area contributed by atoms with Gasteiger partial charge in [-0.1, -0.05) is 6.42 Å². The van der Waals surface area contributed by atoms with Crippen LogP contribution in [0.1, 0.15) is 40.0 Å². The number of rotatable bonds is 0. The van der Waals surface area contributed by atoms with Crippen LogP contribution in [-0.4, -0.2) is 35.7 Å². The Bertz CT molecular complexity index is 298. The molecule has 2 aliphatic rings. The Morgan fingerprint density at radius 1 is 1.29 bits per heavy atom. The van der Waals surface area contributed by atoms with Gasteiger partial charge in [-0.15, -0.1) is 0 Å². The summed E-state index contributed by atoms with van der Waals surface area (Å²) in [6.45, 7) is 7.31. The number of carbonyl (C=O) groups is 1. The minimum absolute atomic E-state index is 0.181. The number of likely N-dealkylation sites (tertiary alicyclic amines) is 1. The van der Waals surface area contributed by atoms with Crippen LogP contribution in [0.4, 0.5) is 4.79 Å². The molecule has 0 aromatic carbocycles. The Hall–Kier alpha value is -0.770. The standard InChI is InChI=1S/C13H24N2O2/c1-13(2,3)17-12(16)15-7-9-5-4-6-11(14)10(9)8-15/h9-11H,4-8,14H2,1-3H3/t9-,10+,11-/m0/s1. The molecule has 0 bridgehead atoms. The second-order valence-corrected chi connectivity index (χ2v) is 6.40. The number of nitrogens with zero attached hydrogens (tertiary/aromatic N) is 1. The van der Waals surface area contributed by atoms with E-state index in [1.807, 2.05) is 25.7 Å². The molecule has 1 heterocycles. The zero-order valence-electron chi connectivity index (χ0n) is 11.1. The predicted molar refractivity (Wildman–Crippen MR) is 66.6 cm³/mol. The van der Waals surface area contributed by atoms with E-state index in [2.05, 4.69) is 0 Å². The van der Waals surface area contributed by atoms with Gasteiger partial charge in [0, 0.05) is 19.1 Å². The first-order valence-electron chi connectivity index (χ1n) is 6.60. The summed E-state index contributed by atoms with van der Waals surface area (Å²) in [5.74, 6) is 1.07. The molecular formula is C13H24N2O2. The van der Waals surface area contributed by atoms with Crippen molar-refractivity contribution in [3.8, 4) is 0 Å². The van der Waals surface area contributed by atoms with Crippen molar-refractivity contribution in [2.75, 3.05) is 13.1 Å². The molecule has 4 nitrogen and oxygen atoms in total. The van der Waals surface area contributed by atoms with Crippen molar-refractivity contribution in [3.05, 3.63) is 0 Å². The molecule has 0 radical (unpaired) electrons. The SMILES string of the molecule is CC(C)(C)OC(=O)N1C[C@@H]2CCC[C@H](N)[C@@H]2C1. The van der Waals surface area contributed by atoms with Crippen molar-refractivity contribution in [1.82, 2.24) is 4.90 Å². The maximum atomic E-state index is 12.0. The van der Waals surface area contributed by atoms with E-state index in [0.717, 1.165) is 19.5 Å². The van der Waals surface area contributed by atoms with Crippen LogP contribution < -0.4 is 5.73 Å². The average Bonchev–Trinajstić information content (AvgIpc) is 2.60. The van der Waals surface area contributed by atoms with Gasteiger partial charge in [0.25, 0.3) is 0 Å². The van der Waals surface area contributed by atoms with Gasteiger partial charge in [-0.05, 0) is 45.4 Å². The molecule has 2 rings (SSSR count). The van der Waals surface area contributed by atoms with E-state index >= 15 is 0 Å². The summed E-state index contributed by atoms with van der Waals surface area (Å²) in [6.07, 6.45) is 3.32. The van der Waals surface area contributed by atoms with E-state index in [0.29, 0.717) is 11.8 Å². The van der Waals surface area contributed by atoms with E-state index in [-0.39, 0.29) is 12.1 Å². The van der Waals surface area contributed by atoms with Crippen LogP contribution in [-0.2, 0) is 4.74 Å². The highest BCUT2D eigenvalue weighted by atomic mass is 16.6. The zero-order chi connectivity index (χ0) is 12.6. The van der Waals surface area contributed by atoms with E-state index < -0.39 is 5.60 Å². The number of hydrogen-bond acceptors (Lipinski definition) is 3. The van der Waals surface area contributed by atoms with Gasteiger partial charge in [0.05, 0.1) is 0 Å². The number of amides is 1. The molecule has 1 amide bonds. The summed E-state index contributed by atoms with van der Waals surface area (Å²) in [4.78, 5) is 13.8. The Morgan fingerprint density at radius 2 is 2.00 bits per heavy atom. The molecule has 1 saturated heterocycles. The maximum Gasteiger partial charge on any atom is 0.410 e. The molecule has 98 valence electrons. The first kappa shape index (κ1) is 12.7. The molecule has 1 aliphatic heterocycles. The molecular weight excluding hydrogens is 216 g/mol. The monoisotopic (exact) mass is 240 g/mol. The molecule has 0 spiro atoms. The van der Waals surface area contributed by atoms with Gasteiger partial charge in [0.1, 0.15) is 5.60 Å². The summed E-state index contributed by atoms with van der Waals surface area (Å²) in [5, 5.41) is 0. The third-order valence-corrected chi connectivity index (χ3v) is 3.81. The van der Waals surface area contributed by atoms with Crippen molar-refractivity contribution in [1.29, 1.82) is 0 Å². The molecule has 2 fully saturated rings. The fourth-order valence-corrected chi connectivity index (χ4v) is 2.99. The Morgan fingerprint density at radius 3 is 2.59 bits per heavy atom. The quantitative estimate of drug-likeness (QED) is 0.704. The number of ether oxygens (including phenoxy) is 1. The molecule has 17 heavy (non-hydrogen) atoms. The van der Waals surface area contributed by atoms with Crippen LogP contribution in [0.5, 0.6) is 0 Å². The van der Waals surface area contributed by atoms with Gasteiger partial charge in [0.2, 0.25) is 0 Å². The molecule has 1 saturated carbocycles. The van der Waals surface area contributed by atoms with Crippen molar-refractivity contribution in [2.45, 2.75) is 51.7 Å². The van der Waals surface area contributed by atoms with Crippen molar-refractivity contribution in [3.63, 3.8) is 0 Å². The molecule has 0 unspecified atom stereocenters. The Kier molecular flexibility index (Phi) is 3.34. The van der Waals surface area contributed by atoms with Crippen LogP contribution in [0.15, 0.2) is 0 Å². The average molecular weight is 240 g/mol. The highest BCUT2D eigenvalue weighted by molar-refractivity contribution is 5.68. The van der Waals surface area contributed by atoms with Crippen molar-refractivity contribution in [2.24, 2.45) is 17.6 Å². The van der Waals surface area contributed by atoms with Gasteiger partial charge in [-0.3, -0.25) is 0 Å². The van der Waals surface area contributed by atoms with E-state index in [1.54, 1.807) is 0 Å². The molecule has 2 N–H and O–H groups in total. The van der Waals surface area contributed by atoms with Crippen molar-refractivity contribution >= 4 is 6.09 Å². The van der Waals surface area contributed by atoms with Crippen LogP contribution in [0, 0.1) is 11.8 Å². The first-order valence-corrected chi connectivity index (χ1v) is 6.60. The number of hydrogen-bond donors (Lipinski definition) is 1. The summed E-state index contributed by atoms with van der Waals surface area (Å²) in [7, 11) is 0.